The predicted molar refractivity (Wildman–Crippen MR) is 116 cm³/mol. The average Bonchev–Trinajstić information content (AvgIpc) is 3.01. The molecule has 0 aliphatic heterocycles. The minimum atomic E-state index is -4.51. The highest BCUT2D eigenvalue weighted by molar-refractivity contribution is 7.47. The van der Waals surface area contributed by atoms with Gasteiger partial charge in [-0.3, -0.25) is 9.05 Å². The van der Waals surface area contributed by atoms with Crippen LogP contribution in [0.2, 0.25) is 0 Å². The van der Waals surface area contributed by atoms with Gasteiger partial charge in [0.25, 0.3) is 0 Å². The summed E-state index contributed by atoms with van der Waals surface area (Å²) in [6.45, 7) is 3.86. The van der Waals surface area contributed by atoms with E-state index >= 15 is 0 Å². The third kappa shape index (κ3) is 5.95. The van der Waals surface area contributed by atoms with Crippen molar-refractivity contribution in [2.45, 2.75) is 38.3 Å². The van der Waals surface area contributed by atoms with Gasteiger partial charge in [-0.25, -0.2) is 14.2 Å². The lowest BCUT2D eigenvalue weighted by atomic mass is 9.98. The lowest BCUT2D eigenvalue weighted by Crippen LogP contribution is -2.44. The number of ether oxygens (including phenoxy) is 1. The maximum absolute atomic E-state index is 12.3. The van der Waals surface area contributed by atoms with E-state index in [1.54, 1.807) is 20.8 Å². The summed E-state index contributed by atoms with van der Waals surface area (Å²) in [5.41, 5.74) is 3.17. The molecule has 3 rings (SSSR count). The van der Waals surface area contributed by atoms with E-state index in [1.165, 1.54) is 0 Å². The average molecular weight is 463 g/mol. The Balaban J connectivity index is 1.61. The number of aliphatic carboxylic acids is 1. The molecule has 172 valence electrons. The number of rotatable bonds is 8. The van der Waals surface area contributed by atoms with E-state index in [9.17, 15) is 24.2 Å². The van der Waals surface area contributed by atoms with Gasteiger partial charge in [-0.1, -0.05) is 48.5 Å². The van der Waals surface area contributed by atoms with E-state index in [0.29, 0.717) is 0 Å². The zero-order chi connectivity index (χ0) is 23.5. The van der Waals surface area contributed by atoms with Crippen molar-refractivity contribution in [2.75, 3.05) is 13.2 Å². The number of nitrogens with one attached hydrogen (secondary N) is 1. The zero-order valence-electron chi connectivity index (χ0n) is 18.0. The fourth-order valence-electron chi connectivity index (χ4n) is 3.50. The molecular formula is C22H26NO8P. The third-order valence-electron chi connectivity index (χ3n) is 4.73. The van der Waals surface area contributed by atoms with Crippen molar-refractivity contribution >= 4 is 19.9 Å². The van der Waals surface area contributed by atoms with E-state index in [2.05, 4.69) is 5.32 Å². The number of alkyl carbamates (subject to hydrolysis) is 1. The van der Waals surface area contributed by atoms with Crippen LogP contribution in [0, 0.1) is 0 Å². The molecule has 10 heteroatoms. The number of carboxylic acid groups (broad SMARTS) is 1. The molecule has 1 aliphatic rings. The van der Waals surface area contributed by atoms with Gasteiger partial charge in [0.1, 0.15) is 6.61 Å². The lowest BCUT2D eigenvalue weighted by molar-refractivity contribution is -0.140. The number of carbonyl (C=O) groups excluding carboxylic acids is 1. The molecule has 2 aromatic rings. The van der Waals surface area contributed by atoms with Crippen molar-refractivity contribution in [3.05, 3.63) is 59.7 Å². The molecule has 0 radical (unpaired) electrons. The molecule has 9 nitrogen and oxygen atoms in total. The second kappa shape index (κ2) is 9.42. The predicted octanol–water partition coefficient (Wildman–Crippen LogP) is 3.91. The van der Waals surface area contributed by atoms with Crippen LogP contribution >= 0.6 is 7.82 Å². The fraction of sp³-hybridized carbons (Fsp3) is 0.364. The first-order chi connectivity index (χ1) is 15.0. The summed E-state index contributed by atoms with van der Waals surface area (Å²) in [5, 5.41) is 11.5. The maximum Gasteiger partial charge on any atom is 0.472 e. The van der Waals surface area contributed by atoms with Gasteiger partial charge in [-0.05, 0) is 43.0 Å². The number of phosphoric ester groups is 1. The summed E-state index contributed by atoms with van der Waals surface area (Å²) in [5.74, 6) is -1.64. The van der Waals surface area contributed by atoms with Gasteiger partial charge in [0.2, 0.25) is 0 Å². The molecule has 0 spiro atoms. The van der Waals surface area contributed by atoms with Crippen LogP contribution in [0.5, 0.6) is 0 Å². The molecule has 3 N–H and O–H groups in total. The van der Waals surface area contributed by atoms with Gasteiger partial charge in [-0.2, -0.15) is 0 Å². The van der Waals surface area contributed by atoms with Crippen LogP contribution in [0.25, 0.3) is 11.1 Å². The van der Waals surface area contributed by atoms with Crippen molar-refractivity contribution in [3.8, 4) is 11.1 Å². The topological polar surface area (TPSA) is 131 Å². The second-order valence-electron chi connectivity index (χ2n) is 8.33. The fourth-order valence-corrected chi connectivity index (χ4v) is 4.58. The summed E-state index contributed by atoms with van der Waals surface area (Å²) >= 11 is 0. The standard InChI is InChI=1S/C22H26NO8P/c1-22(2,3)31-32(27,28)30-13-19(20(24)25)23-21(26)29-12-18-16-10-6-4-8-14(16)15-9-5-7-11-17(15)18/h4-11,18-19H,12-13H2,1-3H3,(H,23,26)(H,24,25)(H,27,28). The van der Waals surface area contributed by atoms with E-state index in [4.69, 9.17) is 13.8 Å². The van der Waals surface area contributed by atoms with Crippen molar-refractivity contribution in [3.63, 3.8) is 0 Å². The van der Waals surface area contributed by atoms with Crippen LogP contribution in [-0.2, 0) is 23.1 Å². The molecule has 0 saturated carbocycles. The van der Waals surface area contributed by atoms with Gasteiger partial charge >= 0.3 is 19.9 Å². The summed E-state index contributed by atoms with van der Waals surface area (Å²) in [4.78, 5) is 33.5. The van der Waals surface area contributed by atoms with Crippen molar-refractivity contribution in [1.82, 2.24) is 5.32 Å². The van der Waals surface area contributed by atoms with Crippen molar-refractivity contribution in [1.29, 1.82) is 0 Å². The number of hydrogen-bond acceptors (Lipinski definition) is 6. The maximum atomic E-state index is 12.3. The third-order valence-corrected chi connectivity index (χ3v) is 5.98. The molecule has 2 unspecified atom stereocenters. The Morgan fingerprint density at radius 3 is 2.09 bits per heavy atom. The lowest BCUT2D eigenvalue weighted by Gasteiger charge is -2.24. The summed E-state index contributed by atoms with van der Waals surface area (Å²) in [7, 11) is -4.51. The molecule has 1 aliphatic carbocycles. The van der Waals surface area contributed by atoms with Crippen LogP contribution in [0.1, 0.15) is 37.8 Å². The smallest absolute Gasteiger partial charge is 0.472 e. The Bertz CT molecular complexity index is 1000. The first-order valence-corrected chi connectivity index (χ1v) is 11.5. The molecule has 0 saturated heterocycles. The minimum absolute atomic E-state index is 0.00131. The number of hydrogen-bond donors (Lipinski definition) is 3. The monoisotopic (exact) mass is 463 g/mol. The van der Waals surface area contributed by atoms with Crippen LogP contribution in [0.4, 0.5) is 4.79 Å². The minimum Gasteiger partial charge on any atom is -0.480 e. The molecule has 2 atom stereocenters. The SMILES string of the molecule is CC(C)(C)OP(=O)(O)OCC(NC(=O)OCC1c2ccccc2-c2ccccc21)C(=O)O. The Hall–Kier alpha value is -2.71. The number of benzene rings is 2. The number of carbonyl (C=O) groups is 2. The highest BCUT2D eigenvalue weighted by atomic mass is 31.2. The van der Waals surface area contributed by atoms with Crippen molar-refractivity contribution in [2.24, 2.45) is 0 Å². The molecule has 2 aromatic carbocycles. The van der Waals surface area contributed by atoms with Crippen LogP contribution < -0.4 is 5.32 Å². The van der Waals surface area contributed by atoms with E-state index in [1.807, 2.05) is 48.5 Å². The van der Waals surface area contributed by atoms with E-state index in [-0.39, 0.29) is 12.5 Å². The van der Waals surface area contributed by atoms with Gasteiger partial charge in [-0.15, -0.1) is 0 Å². The van der Waals surface area contributed by atoms with E-state index in [0.717, 1.165) is 22.3 Å². The number of phosphoric acid groups is 1. The van der Waals surface area contributed by atoms with Gasteiger partial charge in [0.05, 0.1) is 12.2 Å². The van der Waals surface area contributed by atoms with Gasteiger partial charge in [0.15, 0.2) is 6.04 Å². The molecule has 32 heavy (non-hydrogen) atoms. The number of amides is 1. The quantitative estimate of drug-likeness (QED) is 0.502. The Labute approximate surface area is 185 Å². The molecule has 0 bridgehead atoms. The highest BCUT2D eigenvalue weighted by Gasteiger charge is 2.33. The second-order valence-corrected chi connectivity index (χ2v) is 9.71. The molecule has 0 fully saturated rings. The first-order valence-electron chi connectivity index (χ1n) is 9.99. The first kappa shape index (κ1) is 23.9. The Kier molecular flexibility index (Phi) is 7.05. The Morgan fingerprint density at radius 2 is 1.59 bits per heavy atom. The molecule has 1 amide bonds. The van der Waals surface area contributed by atoms with Gasteiger partial charge in [0, 0.05) is 5.92 Å². The summed E-state index contributed by atoms with van der Waals surface area (Å²) in [6.07, 6.45) is -0.979. The van der Waals surface area contributed by atoms with Crippen LogP contribution in [0.3, 0.4) is 0 Å². The van der Waals surface area contributed by atoms with Gasteiger partial charge < -0.3 is 20.1 Å². The zero-order valence-corrected chi connectivity index (χ0v) is 18.9. The van der Waals surface area contributed by atoms with Crippen LogP contribution in [-0.4, -0.2) is 46.9 Å². The highest BCUT2D eigenvalue weighted by Crippen LogP contribution is 2.47. The number of carboxylic acids is 1. The summed E-state index contributed by atoms with van der Waals surface area (Å²) < 4.78 is 26.9. The van der Waals surface area contributed by atoms with Crippen molar-refractivity contribution < 1.29 is 37.9 Å². The molecule has 0 heterocycles. The molecular weight excluding hydrogens is 437 g/mol. The number of fused-ring (bicyclic) bond motifs is 3. The Morgan fingerprint density at radius 1 is 1.06 bits per heavy atom. The van der Waals surface area contributed by atoms with E-state index < -0.39 is 38.1 Å². The largest absolute Gasteiger partial charge is 0.480 e. The van der Waals surface area contributed by atoms with Crippen LogP contribution in [0.15, 0.2) is 48.5 Å². The molecule has 0 aromatic heterocycles. The normalized spacial score (nSPS) is 15.9. The summed E-state index contributed by atoms with van der Waals surface area (Å²) in [6, 6.07) is 14.0.